The topological polar surface area (TPSA) is 58.1 Å². The van der Waals surface area contributed by atoms with Crippen LogP contribution < -0.4 is 15.4 Å². The van der Waals surface area contributed by atoms with Crippen molar-refractivity contribution in [1.29, 1.82) is 0 Å². The fourth-order valence-corrected chi connectivity index (χ4v) is 2.18. The van der Waals surface area contributed by atoms with Crippen molar-refractivity contribution in [3.05, 3.63) is 29.6 Å². The van der Waals surface area contributed by atoms with E-state index < -0.39 is 0 Å². The fourth-order valence-electron chi connectivity index (χ4n) is 2.18. The second-order valence-electron chi connectivity index (χ2n) is 5.47. The predicted octanol–water partition coefficient (Wildman–Crippen LogP) is 2.09. The van der Waals surface area contributed by atoms with E-state index in [1.807, 2.05) is 6.07 Å². The molecule has 0 heterocycles. The first-order valence-electron chi connectivity index (χ1n) is 8.05. The minimum atomic E-state index is -0.363. The van der Waals surface area contributed by atoms with E-state index in [9.17, 15) is 4.39 Å². The Balaban J connectivity index is 0.00000576. The Morgan fingerprint density at radius 1 is 1.24 bits per heavy atom. The van der Waals surface area contributed by atoms with Crippen molar-refractivity contribution >= 4 is 29.9 Å². The number of rotatable bonds is 10. The number of ether oxygens (including phenoxy) is 2. The Kier molecular flexibility index (Phi) is 13.4. The molecule has 0 atom stereocenters. The van der Waals surface area contributed by atoms with E-state index in [0.29, 0.717) is 12.5 Å². The van der Waals surface area contributed by atoms with Crippen molar-refractivity contribution in [2.45, 2.75) is 13.0 Å². The Bertz CT molecular complexity index is 517. The molecule has 2 N–H and O–H groups in total. The maximum absolute atomic E-state index is 13.7. The number of nitrogens with zero attached hydrogens (tertiary/aromatic N) is 2. The molecule has 0 fully saturated rings. The quantitative estimate of drug-likeness (QED) is 0.239. The fraction of sp³-hybridized carbons (Fsp3) is 0.588. The molecule has 0 radical (unpaired) electrons. The van der Waals surface area contributed by atoms with E-state index in [4.69, 9.17) is 9.47 Å². The number of methoxy groups -OCH3 is 2. The number of hydrogen-bond acceptors (Lipinski definition) is 4. The number of likely N-dealkylation sites (N-methyl/N-ethyl adjacent to an activating group) is 1. The smallest absolute Gasteiger partial charge is 0.191 e. The van der Waals surface area contributed by atoms with Crippen molar-refractivity contribution in [2.24, 2.45) is 4.99 Å². The molecule has 1 rings (SSSR count). The molecule has 0 amide bonds. The van der Waals surface area contributed by atoms with Gasteiger partial charge in [0.2, 0.25) is 0 Å². The Morgan fingerprint density at radius 2 is 2.00 bits per heavy atom. The number of benzene rings is 1. The molecule has 0 aliphatic rings. The summed E-state index contributed by atoms with van der Waals surface area (Å²) in [6, 6.07) is 4.91. The van der Waals surface area contributed by atoms with Crippen LogP contribution in [0.5, 0.6) is 5.75 Å². The third-order valence-corrected chi connectivity index (χ3v) is 3.57. The summed E-state index contributed by atoms with van der Waals surface area (Å²) in [6.45, 7) is 3.94. The van der Waals surface area contributed by atoms with Gasteiger partial charge in [-0.3, -0.25) is 4.99 Å². The molecule has 0 spiro atoms. The molecule has 25 heavy (non-hydrogen) atoms. The largest absolute Gasteiger partial charge is 0.494 e. The van der Waals surface area contributed by atoms with Crippen molar-refractivity contribution in [3.63, 3.8) is 0 Å². The van der Waals surface area contributed by atoms with Crippen LogP contribution in [0.4, 0.5) is 4.39 Å². The summed E-state index contributed by atoms with van der Waals surface area (Å²) in [5.41, 5.74) is 0.827. The highest BCUT2D eigenvalue weighted by molar-refractivity contribution is 14.0. The zero-order valence-corrected chi connectivity index (χ0v) is 17.8. The Hall–Kier alpha value is -1.13. The lowest BCUT2D eigenvalue weighted by Crippen LogP contribution is -2.40. The van der Waals surface area contributed by atoms with Gasteiger partial charge in [-0.2, -0.15) is 0 Å². The van der Waals surface area contributed by atoms with Gasteiger partial charge in [-0.1, -0.05) is 6.07 Å². The summed E-state index contributed by atoms with van der Waals surface area (Å²) in [7, 11) is 6.96. The van der Waals surface area contributed by atoms with E-state index in [2.05, 4.69) is 27.6 Å². The van der Waals surface area contributed by atoms with Gasteiger partial charge in [0.25, 0.3) is 0 Å². The molecule has 1 aromatic rings. The number of aliphatic imine (C=N–C) groups is 1. The average molecular weight is 468 g/mol. The molecule has 0 unspecified atom stereocenters. The maximum Gasteiger partial charge on any atom is 0.191 e. The maximum atomic E-state index is 13.7. The van der Waals surface area contributed by atoms with Crippen LogP contribution in [0, 0.1) is 5.82 Å². The van der Waals surface area contributed by atoms with E-state index in [-0.39, 0.29) is 35.5 Å². The number of halogens is 2. The second kappa shape index (κ2) is 14.1. The van der Waals surface area contributed by atoms with E-state index in [0.717, 1.165) is 38.2 Å². The molecule has 0 saturated carbocycles. The predicted molar refractivity (Wildman–Crippen MR) is 111 cm³/mol. The first kappa shape index (κ1) is 23.9. The van der Waals surface area contributed by atoms with Gasteiger partial charge in [-0.25, -0.2) is 4.39 Å². The van der Waals surface area contributed by atoms with Crippen LogP contribution in [-0.2, 0) is 11.3 Å². The lowest BCUT2D eigenvalue weighted by molar-refractivity contribution is 0.180. The van der Waals surface area contributed by atoms with Crippen molar-refractivity contribution in [2.75, 3.05) is 54.6 Å². The first-order valence-corrected chi connectivity index (χ1v) is 8.05. The third kappa shape index (κ3) is 9.81. The molecule has 6 nitrogen and oxygen atoms in total. The van der Waals surface area contributed by atoms with Crippen LogP contribution in [0.25, 0.3) is 0 Å². The summed E-state index contributed by atoms with van der Waals surface area (Å²) >= 11 is 0. The summed E-state index contributed by atoms with van der Waals surface area (Å²) in [4.78, 5) is 6.40. The number of hydrogen-bond donors (Lipinski definition) is 2. The van der Waals surface area contributed by atoms with Gasteiger partial charge in [0.15, 0.2) is 17.5 Å². The zero-order chi connectivity index (χ0) is 17.8. The molecule has 0 bridgehead atoms. The molecule has 144 valence electrons. The summed E-state index contributed by atoms with van der Waals surface area (Å²) in [6.07, 6.45) is 1.02. The van der Waals surface area contributed by atoms with Crippen LogP contribution >= 0.6 is 24.0 Å². The average Bonchev–Trinajstić information content (AvgIpc) is 2.58. The van der Waals surface area contributed by atoms with Crippen LogP contribution in [0.1, 0.15) is 12.0 Å². The van der Waals surface area contributed by atoms with Gasteiger partial charge in [-0.15, -0.1) is 24.0 Å². The van der Waals surface area contributed by atoms with E-state index in [1.54, 1.807) is 20.2 Å². The van der Waals surface area contributed by atoms with Crippen LogP contribution in [0.2, 0.25) is 0 Å². The molecular formula is C17H30FIN4O2. The second-order valence-corrected chi connectivity index (χ2v) is 5.47. The van der Waals surface area contributed by atoms with Crippen LogP contribution in [-0.4, -0.2) is 65.4 Å². The highest BCUT2D eigenvalue weighted by Crippen LogP contribution is 2.17. The molecular weight excluding hydrogens is 438 g/mol. The van der Waals surface area contributed by atoms with Gasteiger partial charge >= 0.3 is 0 Å². The third-order valence-electron chi connectivity index (χ3n) is 3.57. The Labute approximate surface area is 167 Å². The van der Waals surface area contributed by atoms with Gasteiger partial charge in [0.05, 0.1) is 7.11 Å². The summed E-state index contributed by atoms with van der Waals surface area (Å²) in [5.74, 6) is 0.576. The van der Waals surface area contributed by atoms with Crippen molar-refractivity contribution < 1.29 is 13.9 Å². The number of guanidine groups is 1. The first-order chi connectivity index (χ1) is 11.6. The van der Waals surface area contributed by atoms with E-state index >= 15 is 0 Å². The van der Waals surface area contributed by atoms with Crippen molar-refractivity contribution in [1.82, 2.24) is 15.5 Å². The van der Waals surface area contributed by atoms with Gasteiger partial charge < -0.3 is 25.0 Å². The van der Waals surface area contributed by atoms with Crippen LogP contribution in [0.3, 0.4) is 0 Å². The molecule has 0 saturated heterocycles. The number of nitrogens with one attached hydrogen (secondary N) is 2. The monoisotopic (exact) mass is 468 g/mol. The lowest BCUT2D eigenvalue weighted by atomic mass is 10.2. The Morgan fingerprint density at radius 3 is 2.60 bits per heavy atom. The van der Waals surface area contributed by atoms with Gasteiger partial charge in [0.1, 0.15) is 0 Å². The van der Waals surface area contributed by atoms with Gasteiger partial charge in [-0.05, 0) is 31.2 Å². The van der Waals surface area contributed by atoms with Gasteiger partial charge in [0, 0.05) is 46.9 Å². The van der Waals surface area contributed by atoms with E-state index in [1.165, 1.54) is 13.2 Å². The normalized spacial score (nSPS) is 11.2. The highest BCUT2D eigenvalue weighted by atomic mass is 127. The minimum Gasteiger partial charge on any atom is -0.494 e. The molecule has 8 heteroatoms. The lowest BCUT2D eigenvalue weighted by Gasteiger charge is -2.18. The minimum absolute atomic E-state index is 0. The standard InChI is InChI=1S/C17H29FN4O2.HI/c1-19-17(20-8-10-22(2)9-5-11-23-3)21-13-14-6-7-16(24-4)15(18)12-14;/h6-7,12H,5,8-11,13H2,1-4H3,(H2,19,20,21);1H. The molecule has 0 aliphatic carbocycles. The summed E-state index contributed by atoms with van der Waals surface area (Å²) in [5, 5.41) is 6.42. The summed E-state index contributed by atoms with van der Waals surface area (Å²) < 4.78 is 23.6. The zero-order valence-electron chi connectivity index (χ0n) is 15.5. The molecule has 0 aliphatic heterocycles. The highest BCUT2D eigenvalue weighted by Gasteiger charge is 2.05. The molecule has 0 aromatic heterocycles. The van der Waals surface area contributed by atoms with Crippen molar-refractivity contribution in [3.8, 4) is 5.75 Å². The van der Waals surface area contributed by atoms with Crippen LogP contribution in [0.15, 0.2) is 23.2 Å². The SMILES string of the molecule is CN=C(NCCN(C)CCCOC)NCc1ccc(OC)c(F)c1.I. The molecule has 1 aromatic carbocycles.